The molecule has 2 rings (SSSR count). The van der Waals surface area contributed by atoms with Crippen molar-refractivity contribution in [1.82, 2.24) is 9.62 Å². The average molecular weight is 441 g/mol. The zero-order chi connectivity index (χ0) is 15.5. The van der Waals surface area contributed by atoms with E-state index in [9.17, 15) is 8.42 Å². The zero-order valence-corrected chi connectivity index (χ0v) is 15.8. The Morgan fingerprint density at radius 1 is 1.38 bits per heavy atom. The first-order valence-corrected chi connectivity index (χ1v) is 9.82. The van der Waals surface area contributed by atoms with Crippen molar-refractivity contribution in [3.63, 3.8) is 0 Å². The highest BCUT2D eigenvalue weighted by atomic mass is 79.9. The van der Waals surface area contributed by atoms with E-state index in [1.807, 2.05) is 19.2 Å². The Morgan fingerprint density at radius 2 is 2.14 bits per heavy atom. The third kappa shape index (κ3) is 4.66. The third-order valence-electron chi connectivity index (χ3n) is 3.48. The van der Waals surface area contributed by atoms with Gasteiger partial charge in [0.25, 0.3) is 0 Å². The number of nitrogens with zero attached hydrogens (tertiary/aromatic N) is 1. The normalized spacial score (nSPS) is 20.4. The summed E-state index contributed by atoms with van der Waals surface area (Å²) in [5.74, 6) is 0.369. The van der Waals surface area contributed by atoms with E-state index in [1.165, 1.54) is 4.31 Å². The van der Waals surface area contributed by atoms with Crippen molar-refractivity contribution in [2.75, 3.05) is 31.4 Å². The number of rotatable bonds is 5. The Morgan fingerprint density at radius 3 is 2.81 bits per heavy atom. The van der Waals surface area contributed by atoms with Gasteiger partial charge in [-0.15, -0.1) is 0 Å². The van der Waals surface area contributed by atoms with Crippen LogP contribution >= 0.6 is 31.9 Å². The van der Waals surface area contributed by atoms with Crippen molar-refractivity contribution in [1.29, 1.82) is 0 Å². The minimum Gasteiger partial charge on any atom is -0.319 e. The summed E-state index contributed by atoms with van der Waals surface area (Å²) in [6.45, 7) is 1.97. The lowest BCUT2D eigenvalue weighted by Gasteiger charge is -2.32. The Labute approximate surface area is 142 Å². The molecule has 5 nitrogen and oxygen atoms in total. The van der Waals surface area contributed by atoms with Crippen LogP contribution in [-0.2, 0) is 10.2 Å². The molecule has 1 aromatic carbocycles. The van der Waals surface area contributed by atoms with Gasteiger partial charge in [-0.2, -0.15) is 12.7 Å². The molecular weight excluding hydrogens is 422 g/mol. The van der Waals surface area contributed by atoms with E-state index in [0.29, 0.717) is 29.2 Å². The molecule has 0 saturated carbocycles. The van der Waals surface area contributed by atoms with Gasteiger partial charge in [0.15, 0.2) is 0 Å². The predicted octanol–water partition coefficient (Wildman–Crippen LogP) is 2.80. The van der Waals surface area contributed by atoms with Gasteiger partial charge in [-0.1, -0.05) is 15.9 Å². The van der Waals surface area contributed by atoms with Crippen molar-refractivity contribution in [2.24, 2.45) is 5.92 Å². The first-order chi connectivity index (χ1) is 9.92. The molecule has 8 heteroatoms. The highest BCUT2D eigenvalue weighted by Gasteiger charge is 2.28. The molecule has 1 unspecified atom stereocenters. The number of nitrogens with one attached hydrogen (secondary N) is 2. The highest BCUT2D eigenvalue weighted by Crippen LogP contribution is 2.28. The van der Waals surface area contributed by atoms with Crippen LogP contribution < -0.4 is 10.0 Å². The molecule has 1 atom stereocenters. The maximum Gasteiger partial charge on any atom is 0.301 e. The number of piperidine rings is 1. The SMILES string of the molecule is CNCC1CCCN(S(=O)(=O)Nc2ccc(Br)cc2Br)C1. The monoisotopic (exact) mass is 439 g/mol. The zero-order valence-electron chi connectivity index (χ0n) is 11.8. The molecule has 1 aromatic rings. The summed E-state index contributed by atoms with van der Waals surface area (Å²) in [6.07, 6.45) is 1.96. The number of benzene rings is 1. The van der Waals surface area contributed by atoms with Gasteiger partial charge in [0.1, 0.15) is 0 Å². The Hall–Kier alpha value is -0.150. The van der Waals surface area contributed by atoms with Crippen molar-refractivity contribution < 1.29 is 8.42 Å². The van der Waals surface area contributed by atoms with Crippen LogP contribution in [0.25, 0.3) is 0 Å². The van der Waals surface area contributed by atoms with Crippen LogP contribution in [0.2, 0.25) is 0 Å². The van der Waals surface area contributed by atoms with Crippen LogP contribution in [-0.4, -0.2) is 39.4 Å². The second-order valence-electron chi connectivity index (χ2n) is 5.16. The second-order valence-corrected chi connectivity index (χ2v) is 8.60. The summed E-state index contributed by atoms with van der Waals surface area (Å²) in [6, 6.07) is 5.36. The quantitative estimate of drug-likeness (QED) is 0.739. The van der Waals surface area contributed by atoms with Gasteiger partial charge in [-0.05, 0) is 66.5 Å². The lowest BCUT2D eigenvalue weighted by atomic mass is 10.00. The minimum absolute atomic E-state index is 0.369. The molecule has 0 aromatic heterocycles. The van der Waals surface area contributed by atoms with E-state index in [1.54, 1.807) is 6.07 Å². The van der Waals surface area contributed by atoms with Gasteiger partial charge < -0.3 is 5.32 Å². The third-order valence-corrected chi connectivity index (χ3v) is 6.12. The standard InChI is InChI=1S/C13H19Br2N3O2S/c1-16-8-10-3-2-6-18(9-10)21(19,20)17-13-5-4-11(14)7-12(13)15/h4-5,7,10,16-17H,2-3,6,8-9H2,1H3. The molecule has 0 amide bonds. The van der Waals surface area contributed by atoms with E-state index >= 15 is 0 Å². The van der Waals surface area contributed by atoms with Gasteiger partial charge in [0.05, 0.1) is 5.69 Å². The van der Waals surface area contributed by atoms with Crippen molar-refractivity contribution in [3.8, 4) is 0 Å². The first-order valence-electron chi connectivity index (χ1n) is 6.80. The number of anilines is 1. The Kier molecular flexibility index (Phi) is 6.07. The van der Waals surface area contributed by atoms with Gasteiger partial charge >= 0.3 is 10.2 Å². The Bertz CT molecular complexity index is 593. The highest BCUT2D eigenvalue weighted by molar-refractivity contribution is 9.11. The molecule has 0 bridgehead atoms. The summed E-state index contributed by atoms with van der Waals surface area (Å²) < 4.78 is 30.8. The van der Waals surface area contributed by atoms with E-state index in [0.717, 1.165) is 23.9 Å². The lowest BCUT2D eigenvalue weighted by Crippen LogP contribution is -2.44. The van der Waals surface area contributed by atoms with Crippen molar-refractivity contribution in [3.05, 3.63) is 27.1 Å². The van der Waals surface area contributed by atoms with E-state index in [2.05, 4.69) is 41.9 Å². The van der Waals surface area contributed by atoms with E-state index in [-0.39, 0.29) is 0 Å². The maximum absolute atomic E-state index is 12.5. The Balaban J connectivity index is 2.10. The first kappa shape index (κ1) is 17.2. The molecule has 0 radical (unpaired) electrons. The van der Waals surface area contributed by atoms with Gasteiger partial charge in [0.2, 0.25) is 0 Å². The fraction of sp³-hybridized carbons (Fsp3) is 0.538. The van der Waals surface area contributed by atoms with Crippen LogP contribution in [0.3, 0.4) is 0 Å². The largest absolute Gasteiger partial charge is 0.319 e. The molecule has 1 aliphatic heterocycles. The second kappa shape index (κ2) is 7.41. The minimum atomic E-state index is -3.51. The van der Waals surface area contributed by atoms with Crippen LogP contribution in [0.1, 0.15) is 12.8 Å². The van der Waals surface area contributed by atoms with Crippen LogP contribution in [0.15, 0.2) is 27.1 Å². The molecule has 21 heavy (non-hydrogen) atoms. The molecule has 1 saturated heterocycles. The molecule has 0 aliphatic carbocycles. The fourth-order valence-electron chi connectivity index (χ4n) is 2.48. The van der Waals surface area contributed by atoms with E-state index in [4.69, 9.17) is 0 Å². The van der Waals surface area contributed by atoms with Crippen LogP contribution in [0.5, 0.6) is 0 Å². The summed E-state index contributed by atoms with van der Waals surface area (Å²) in [7, 11) is -1.62. The summed E-state index contributed by atoms with van der Waals surface area (Å²) >= 11 is 6.73. The van der Waals surface area contributed by atoms with Crippen LogP contribution in [0.4, 0.5) is 5.69 Å². The van der Waals surface area contributed by atoms with Gasteiger partial charge in [-0.3, -0.25) is 4.72 Å². The summed E-state index contributed by atoms with van der Waals surface area (Å²) in [5.41, 5.74) is 0.550. The smallest absolute Gasteiger partial charge is 0.301 e. The number of hydrogen-bond acceptors (Lipinski definition) is 3. The molecule has 1 heterocycles. The van der Waals surface area contributed by atoms with Crippen molar-refractivity contribution >= 4 is 47.8 Å². The van der Waals surface area contributed by atoms with Gasteiger partial charge in [-0.25, -0.2) is 0 Å². The molecule has 0 spiro atoms. The van der Waals surface area contributed by atoms with Crippen LogP contribution in [0, 0.1) is 5.92 Å². The lowest BCUT2D eigenvalue weighted by molar-refractivity contribution is 0.264. The summed E-state index contributed by atoms with van der Waals surface area (Å²) in [4.78, 5) is 0. The van der Waals surface area contributed by atoms with Gasteiger partial charge in [0, 0.05) is 22.0 Å². The topological polar surface area (TPSA) is 61.4 Å². The fourth-order valence-corrected chi connectivity index (χ4v) is 5.12. The molecule has 118 valence electrons. The predicted molar refractivity (Wildman–Crippen MR) is 92.6 cm³/mol. The number of halogens is 2. The van der Waals surface area contributed by atoms with E-state index < -0.39 is 10.2 Å². The summed E-state index contributed by atoms with van der Waals surface area (Å²) in [5, 5.41) is 3.12. The number of hydrogen-bond donors (Lipinski definition) is 2. The molecule has 1 aliphatic rings. The molecule has 2 N–H and O–H groups in total. The molecular formula is C13H19Br2N3O2S. The average Bonchev–Trinajstić information content (AvgIpc) is 2.43. The maximum atomic E-state index is 12.5. The van der Waals surface area contributed by atoms with Crippen molar-refractivity contribution in [2.45, 2.75) is 12.8 Å². The molecule has 1 fully saturated rings.